The number of carbonyl (C=O) groups excluding carboxylic acids is 1. The topological polar surface area (TPSA) is 158 Å². The number of carbonyl (C=O) groups is 1. The van der Waals surface area contributed by atoms with Crippen LogP contribution in [0, 0.1) is 11.6 Å². The standard InChI is InChI=1S/C29H24F2N8O3S/c1-3-25(40)35-19-9-17(13-32-14-19)21-10-22-24(11-23(21)31)38-39-27(22)29-36-26-20(4-5-33-28(26)37-29)16-6-15(7-18(30)8-16)12-34-43(2,41)42/h4-11,13-14,34H,3,12H2,1-2H3,(H,35,40)(H,38,39)(H,33,36,37). The fourth-order valence-electron chi connectivity index (χ4n) is 4.72. The summed E-state index contributed by atoms with van der Waals surface area (Å²) in [6.07, 6.45) is 5.85. The fraction of sp³-hybridized carbons (Fsp3) is 0.138. The summed E-state index contributed by atoms with van der Waals surface area (Å²) < 4.78 is 55.2. The van der Waals surface area contributed by atoms with Gasteiger partial charge in [0.1, 0.15) is 22.8 Å². The third-order valence-electron chi connectivity index (χ3n) is 6.72. The van der Waals surface area contributed by atoms with Crippen LogP contribution in [0.4, 0.5) is 14.5 Å². The van der Waals surface area contributed by atoms with Gasteiger partial charge in [0.05, 0.1) is 23.7 Å². The zero-order chi connectivity index (χ0) is 30.3. The van der Waals surface area contributed by atoms with E-state index < -0.39 is 21.7 Å². The Balaban J connectivity index is 1.41. The van der Waals surface area contributed by atoms with E-state index in [2.05, 4.69) is 35.2 Å². The van der Waals surface area contributed by atoms with E-state index in [1.165, 1.54) is 30.6 Å². The number of nitrogens with zero attached hydrogens (tertiary/aromatic N) is 4. The molecule has 0 radical (unpaired) electrons. The van der Waals surface area contributed by atoms with Crippen LogP contribution < -0.4 is 10.0 Å². The van der Waals surface area contributed by atoms with Gasteiger partial charge in [-0.25, -0.2) is 31.9 Å². The molecule has 0 aliphatic heterocycles. The number of halogens is 2. The summed E-state index contributed by atoms with van der Waals surface area (Å²) in [7, 11) is -3.47. The third kappa shape index (κ3) is 5.82. The third-order valence-corrected chi connectivity index (χ3v) is 7.39. The first kappa shape index (κ1) is 28.1. The summed E-state index contributed by atoms with van der Waals surface area (Å²) in [5.74, 6) is -0.894. The number of anilines is 1. The lowest BCUT2D eigenvalue weighted by atomic mass is 10.0. The molecule has 43 heavy (non-hydrogen) atoms. The van der Waals surface area contributed by atoms with E-state index in [1.54, 1.807) is 37.4 Å². The number of sulfonamides is 1. The molecule has 4 N–H and O–H groups in total. The molecule has 0 fully saturated rings. The SMILES string of the molecule is CCC(=O)Nc1cncc(-c2cc3c(-c4nc5c(-c6cc(F)cc(CNS(C)(=O)=O)c6)ccnc5[nH]4)n[nH]c3cc2F)c1. The number of hydrogen-bond acceptors (Lipinski definition) is 7. The van der Waals surface area contributed by atoms with E-state index in [1.807, 2.05) is 0 Å². The smallest absolute Gasteiger partial charge is 0.224 e. The number of fused-ring (bicyclic) bond motifs is 2. The van der Waals surface area contributed by atoms with Crippen molar-refractivity contribution in [3.05, 3.63) is 78.3 Å². The number of H-pyrrole nitrogens is 2. The maximum atomic E-state index is 15.2. The first-order valence-corrected chi connectivity index (χ1v) is 15.0. The maximum Gasteiger partial charge on any atom is 0.224 e. The Hall–Kier alpha value is -5.08. The van der Waals surface area contributed by atoms with Crippen molar-refractivity contribution in [1.29, 1.82) is 0 Å². The zero-order valence-corrected chi connectivity index (χ0v) is 23.7. The summed E-state index contributed by atoms with van der Waals surface area (Å²) in [6.45, 7) is 1.65. The average molecular weight is 603 g/mol. The number of aromatic amines is 2. The van der Waals surface area contributed by atoms with Gasteiger partial charge in [0.25, 0.3) is 0 Å². The van der Waals surface area contributed by atoms with Crippen molar-refractivity contribution >= 4 is 43.7 Å². The van der Waals surface area contributed by atoms with Crippen LogP contribution in [0.5, 0.6) is 0 Å². The second-order valence-corrected chi connectivity index (χ2v) is 11.7. The molecule has 0 saturated heterocycles. The molecule has 0 atom stereocenters. The van der Waals surface area contributed by atoms with E-state index >= 15 is 4.39 Å². The predicted octanol–water partition coefficient (Wildman–Crippen LogP) is 4.91. The van der Waals surface area contributed by atoms with Crippen molar-refractivity contribution in [3.8, 4) is 33.8 Å². The average Bonchev–Trinajstić information content (AvgIpc) is 3.58. The largest absolute Gasteiger partial charge is 0.325 e. The van der Waals surface area contributed by atoms with E-state index in [0.717, 1.165) is 6.26 Å². The number of aromatic nitrogens is 6. The first-order valence-electron chi connectivity index (χ1n) is 13.1. The zero-order valence-electron chi connectivity index (χ0n) is 22.9. The minimum atomic E-state index is -3.47. The Morgan fingerprint density at radius 3 is 2.65 bits per heavy atom. The summed E-state index contributed by atoms with van der Waals surface area (Å²) in [6, 6.07) is 10.5. The van der Waals surface area contributed by atoms with Crippen molar-refractivity contribution < 1.29 is 22.0 Å². The minimum Gasteiger partial charge on any atom is -0.325 e. The van der Waals surface area contributed by atoms with Crippen LogP contribution >= 0.6 is 0 Å². The van der Waals surface area contributed by atoms with Crippen molar-refractivity contribution in [3.63, 3.8) is 0 Å². The highest BCUT2D eigenvalue weighted by Gasteiger charge is 2.19. The van der Waals surface area contributed by atoms with Gasteiger partial charge in [-0.3, -0.25) is 14.9 Å². The van der Waals surface area contributed by atoms with Gasteiger partial charge in [-0.1, -0.05) is 6.92 Å². The lowest BCUT2D eigenvalue weighted by Crippen LogP contribution is -2.21. The van der Waals surface area contributed by atoms with E-state index in [-0.39, 0.29) is 24.4 Å². The highest BCUT2D eigenvalue weighted by atomic mass is 32.2. The van der Waals surface area contributed by atoms with Crippen molar-refractivity contribution in [1.82, 2.24) is 34.9 Å². The van der Waals surface area contributed by atoms with Gasteiger partial charge in [-0.2, -0.15) is 5.10 Å². The lowest BCUT2D eigenvalue weighted by Gasteiger charge is -2.08. The molecule has 4 heterocycles. The number of amides is 1. The Morgan fingerprint density at radius 2 is 1.86 bits per heavy atom. The minimum absolute atomic E-state index is 0.0782. The van der Waals surface area contributed by atoms with Crippen LogP contribution in [0.2, 0.25) is 0 Å². The number of hydrogen-bond donors (Lipinski definition) is 4. The van der Waals surface area contributed by atoms with Gasteiger partial charge in [0, 0.05) is 53.5 Å². The Bertz CT molecular complexity index is 2140. The number of rotatable bonds is 8. The Labute approximate surface area is 243 Å². The number of benzene rings is 2. The second-order valence-electron chi connectivity index (χ2n) is 9.90. The van der Waals surface area contributed by atoms with E-state index in [4.69, 9.17) is 4.98 Å². The van der Waals surface area contributed by atoms with Gasteiger partial charge in [-0.05, 0) is 47.5 Å². The maximum absolute atomic E-state index is 15.2. The molecule has 11 nitrogen and oxygen atoms in total. The summed E-state index contributed by atoms with van der Waals surface area (Å²) >= 11 is 0. The van der Waals surface area contributed by atoms with Gasteiger partial charge in [0.15, 0.2) is 11.5 Å². The summed E-state index contributed by atoms with van der Waals surface area (Å²) in [5.41, 5.74) is 4.32. The van der Waals surface area contributed by atoms with Crippen LogP contribution in [-0.4, -0.2) is 50.7 Å². The monoisotopic (exact) mass is 602 g/mol. The van der Waals surface area contributed by atoms with Crippen molar-refractivity contribution in [2.24, 2.45) is 0 Å². The normalized spacial score (nSPS) is 11.8. The molecular weight excluding hydrogens is 578 g/mol. The van der Waals surface area contributed by atoms with E-state index in [0.29, 0.717) is 61.5 Å². The highest BCUT2D eigenvalue weighted by molar-refractivity contribution is 7.88. The molecule has 0 spiro atoms. The molecule has 1 amide bonds. The molecular formula is C29H24F2N8O3S. The quantitative estimate of drug-likeness (QED) is 0.193. The molecule has 6 rings (SSSR count). The summed E-state index contributed by atoms with van der Waals surface area (Å²) in [4.78, 5) is 28.2. The molecule has 0 aliphatic rings. The molecule has 14 heteroatoms. The molecule has 4 aromatic heterocycles. The van der Waals surface area contributed by atoms with Gasteiger partial charge >= 0.3 is 0 Å². The molecule has 0 unspecified atom stereocenters. The van der Waals surface area contributed by atoms with Crippen molar-refractivity contribution in [2.75, 3.05) is 11.6 Å². The Morgan fingerprint density at radius 1 is 1.02 bits per heavy atom. The van der Waals surface area contributed by atoms with E-state index in [9.17, 15) is 17.6 Å². The molecule has 6 aromatic rings. The van der Waals surface area contributed by atoms with Crippen molar-refractivity contribution in [2.45, 2.75) is 19.9 Å². The summed E-state index contributed by atoms with van der Waals surface area (Å²) in [5, 5.41) is 10.5. The van der Waals surface area contributed by atoms with Gasteiger partial charge in [-0.15, -0.1) is 0 Å². The number of nitrogens with one attached hydrogen (secondary N) is 4. The second kappa shape index (κ2) is 11.0. The highest BCUT2D eigenvalue weighted by Crippen LogP contribution is 2.34. The van der Waals surface area contributed by atoms with Crippen LogP contribution in [0.25, 0.3) is 55.8 Å². The molecule has 0 bridgehead atoms. The fourth-order valence-corrected chi connectivity index (χ4v) is 5.15. The molecule has 218 valence electrons. The first-order chi connectivity index (χ1) is 20.6. The predicted molar refractivity (Wildman–Crippen MR) is 158 cm³/mol. The molecule has 0 saturated carbocycles. The number of pyridine rings is 2. The van der Waals surface area contributed by atoms with Crippen LogP contribution in [-0.2, 0) is 21.4 Å². The number of imidazole rings is 1. The van der Waals surface area contributed by atoms with Gasteiger partial charge < -0.3 is 10.3 Å². The Kier molecular flexibility index (Phi) is 7.15. The van der Waals surface area contributed by atoms with Crippen LogP contribution in [0.1, 0.15) is 18.9 Å². The van der Waals surface area contributed by atoms with Crippen LogP contribution in [0.15, 0.2) is 61.1 Å². The molecule has 0 aliphatic carbocycles. The van der Waals surface area contributed by atoms with Crippen LogP contribution in [0.3, 0.4) is 0 Å². The van der Waals surface area contributed by atoms with Gasteiger partial charge in [0.2, 0.25) is 15.9 Å². The molecule has 2 aromatic carbocycles. The lowest BCUT2D eigenvalue weighted by molar-refractivity contribution is -0.115.